The summed E-state index contributed by atoms with van der Waals surface area (Å²) in [5.41, 5.74) is 3.63. The van der Waals surface area contributed by atoms with Gasteiger partial charge in [-0.3, -0.25) is 14.5 Å². The molecule has 1 fully saturated rings. The molecule has 0 unspecified atom stereocenters. The zero-order chi connectivity index (χ0) is 24.6. The van der Waals surface area contributed by atoms with Crippen LogP contribution in [0.15, 0.2) is 72.8 Å². The van der Waals surface area contributed by atoms with E-state index < -0.39 is 0 Å². The molecule has 0 spiro atoms. The van der Waals surface area contributed by atoms with E-state index in [9.17, 15) is 14.7 Å². The quantitative estimate of drug-likeness (QED) is 0.463. The Morgan fingerprint density at radius 3 is 2.49 bits per heavy atom. The van der Waals surface area contributed by atoms with E-state index in [-0.39, 0.29) is 31.1 Å². The number of hydrogen-bond donors (Lipinski definition) is 3. The van der Waals surface area contributed by atoms with E-state index in [0.717, 1.165) is 11.1 Å². The Labute approximate surface area is 204 Å². The smallest absolute Gasteiger partial charge is 0.255 e. The minimum atomic E-state index is -0.286. The molecule has 0 radical (unpaired) electrons. The first-order valence-electron chi connectivity index (χ1n) is 11.5. The van der Waals surface area contributed by atoms with E-state index in [4.69, 9.17) is 9.47 Å². The summed E-state index contributed by atoms with van der Waals surface area (Å²) >= 11 is 0. The van der Waals surface area contributed by atoms with E-state index in [1.54, 1.807) is 30.3 Å². The number of benzene rings is 3. The molecule has 1 saturated heterocycles. The maximum atomic E-state index is 12.8. The molecule has 1 heterocycles. The van der Waals surface area contributed by atoms with Crippen molar-refractivity contribution < 1.29 is 24.2 Å². The summed E-state index contributed by atoms with van der Waals surface area (Å²) in [6.45, 7) is 1.64. The number of nitrogens with one attached hydrogen (secondary N) is 2. The molecule has 0 saturated carbocycles. The molecule has 8 heteroatoms. The topological polar surface area (TPSA) is 100 Å². The summed E-state index contributed by atoms with van der Waals surface area (Å²) in [5, 5.41) is 15.0. The van der Waals surface area contributed by atoms with Gasteiger partial charge >= 0.3 is 0 Å². The number of anilines is 2. The summed E-state index contributed by atoms with van der Waals surface area (Å²) in [7, 11) is 1.52. The Bertz CT molecular complexity index is 1150. The standard InChI is InChI=1S/C27H29N3O5/c1-34-25-12-11-22(15-24(25)29-26(32)17-30-13-14-35-23(16-30)18-31)28-27(33)21-9-7-20(8-10-21)19-5-3-2-4-6-19/h2-12,15,23,31H,13-14,16-18H2,1H3,(H,28,33)(H,29,32)/t23-/m1/s1. The lowest BCUT2D eigenvalue weighted by atomic mass is 10.0. The van der Waals surface area contributed by atoms with E-state index in [2.05, 4.69) is 10.6 Å². The van der Waals surface area contributed by atoms with Gasteiger partial charge in [0.25, 0.3) is 5.91 Å². The summed E-state index contributed by atoms with van der Waals surface area (Å²) in [6.07, 6.45) is -0.286. The van der Waals surface area contributed by atoms with Crippen LogP contribution < -0.4 is 15.4 Å². The van der Waals surface area contributed by atoms with Gasteiger partial charge < -0.3 is 25.2 Å². The summed E-state index contributed by atoms with van der Waals surface area (Å²) in [5.74, 6) is 0.0102. The molecular formula is C27H29N3O5. The van der Waals surface area contributed by atoms with Crippen molar-refractivity contribution in [1.29, 1.82) is 0 Å². The molecule has 4 rings (SSSR count). The van der Waals surface area contributed by atoms with Crippen LogP contribution in [-0.2, 0) is 9.53 Å². The SMILES string of the molecule is COc1ccc(NC(=O)c2ccc(-c3ccccc3)cc2)cc1NC(=O)CN1CCO[C@@H](CO)C1. The minimum absolute atomic E-state index is 0.0807. The molecule has 0 aromatic heterocycles. The van der Waals surface area contributed by atoms with Crippen LogP contribution in [0.4, 0.5) is 11.4 Å². The lowest BCUT2D eigenvalue weighted by Crippen LogP contribution is -2.46. The molecule has 8 nitrogen and oxygen atoms in total. The molecule has 1 atom stereocenters. The van der Waals surface area contributed by atoms with E-state index in [1.165, 1.54) is 7.11 Å². The average Bonchev–Trinajstić information content (AvgIpc) is 2.89. The second-order valence-electron chi connectivity index (χ2n) is 8.27. The van der Waals surface area contributed by atoms with Gasteiger partial charge in [-0.15, -0.1) is 0 Å². The minimum Gasteiger partial charge on any atom is -0.495 e. The van der Waals surface area contributed by atoms with Crippen molar-refractivity contribution >= 4 is 23.2 Å². The van der Waals surface area contributed by atoms with Crippen molar-refractivity contribution in [3.63, 3.8) is 0 Å². The van der Waals surface area contributed by atoms with Crippen molar-refractivity contribution in [1.82, 2.24) is 4.90 Å². The van der Waals surface area contributed by atoms with E-state index in [1.807, 2.05) is 47.4 Å². The number of methoxy groups -OCH3 is 1. The number of rotatable bonds is 8. The third-order valence-electron chi connectivity index (χ3n) is 5.78. The molecule has 3 aromatic carbocycles. The molecule has 182 valence electrons. The number of amides is 2. The van der Waals surface area contributed by atoms with Crippen LogP contribution in [0.5, 0.6) is 5.75 Å². The van der Waals surface area contributed by atoms with Gasteiger partial charge in [-0.1, -0.05) is 42.5 Å². The Morgan fingerprint density at radius 2 is 1.77 bits per heavy atom. The highest BCUT2D eigenvalue weighted by Gasteiger charge is 2.22. The van der Waals surface area contributed by atoms with Crippen LogP contribution in [-0.4, -0.2) is 67.9 Å². The first kappa shape index (κ1) is 24.4. The number of hydrogen-bond acceptors (Lipinski definition) is 6. The Hall–Kier alpha value is -3.72. The molecule has 0 bridgehead atoms. The summed E-state index contributed by atoms with van der Waals surface area (Å²) in [4.78, 5) is 27.4. The van der Waals surface area contributed by atoms with E-state index >= 15 is 0 Å². The second kappa shape index (κ2) is 11.6. The van der Waals surface area contributed by atoms with Gasteiger partial charge in [0.05, 0.1) is 38.7 Å². The van der Waals surface area contributed by atoms with Gasteiger partial charge in [0.1, 0.15) is 5.75 Å². The normalized spacial score (nSPS) is 15.9. The summed E-state index contributed by atoms with van der Waals surface area (Å²) in [6, 6.07) is 22.4. The number of morpholine rings is 1. The Balaban J connectivity index is 1.40. The second-order valence-corrected chi connectivity index (χ2v) is 8.27. The first-order chi connectivity index (χ1) is 17.1. The average molecular weight is 476 g/mol. The highest BCUT2D eigenvalue weighted by atomic mass is 16.5. The third-order valence-corrected chi connectivity index (χ3v) is 5.78. The van der Waals surface area contributed by atoms with Gasteiger partial charge in [-0.25, -0.2) is 0 Å². The fourth-order valence-electron chi connectivity index (χ4n) is 3.96. The lowest BCUT2D eigenvalue weighted by Gasteiger charge is -2.31. The van der Waals surface area contributed by atoms with Crippen LogP contribution in [0, 0.1) is 0 Å². The molecule has 35 heavy (non-hydrogen) atoms. The lowest BCUT2D eigenvalue weighted by molar-refractivity contribution is -0.120. The van der Waals surface area contributed by atoms with Crippen LogP contribution in [0.1, 0.15) is 10.4 Å². The van der Waals surface area contributed by atoms with Gasteiger partial charge in [-0.05, 0) is 41.5 Å². The molecule has 1 aliphatic rings. The van der Waals surface area contributed by atoms with Crippen LogP contribution in [0.2, 0.25) is 0 Å². The maximum absolute atomic E-state index is 12.8. The molecular weight excluding hydrogens is 446 g/mol. The van der Waals surface area contributed by atoms with Gasteiger partial charge in [0.15, 0.2) is 0 Å². The molecule has 3 N–H and O–H groups in total. The number of carbonyl (C=O) groups excluding carboxylic acids is 2. The maximum Gasteiger partial charge on any atom is 0.255 e. The number of nitrogens with zero attached hydrogens (tertiary/aromatic N) is 1. The van der Waals surface area contributed by atoms with Gasteiger partial charge in [0, 0.05) is 24.3 Å². The monoisotopic (exact) mass is 475 g/mol. The first-order valence-corrected chi connectivity index (χ1v) is 11.5. The van der Waals surface area contributed by atoms with Crippen molar-refractivity contribution in [3.8, 4) is 16.9 Å². The zero-order valence-electron chi connectivity index (χ0n) is 19.6. The highest BCUT2D eigenvalue weighted by Crippen LogP contribution is 2.28. The fraction of sp³-hybridized carbons (Fsp3) is 0.259. The van der Waals surface area contributed by atoms with Crippen molar-refractivity contribution in [2.75, 3.05) is 50.6 Å². The Morgan fingerprint density at radius 1 is 1.03 bits per heavy atom. The van der Waals surface area contributed by atoms with Crippen LogP contribution in [0.25, 0.3) is 11.1 Å². The van der Waals surface area contributed by atoms with Crippen LogP contribution in [0.3, 0.4) is 0 Å². The predicted octanol–water partition coefficient (Wildman–Crippen LogP) is 3.25. The number of ether oxygens (including phenoxy) is 2. The Kier molecular flexibility index (Phi) is 8.10. The summed E-state index contributed by atoms with van der Waals surface area (Å²) < 4.78 is 10.8. The molecule has 1 aliphatic heterocycles. The van der Waals surface area contributed by atoms with Gasteiger partial charge in [-0.2, -0.15) is 0 Å². The molecule has 3 aromatic rings. The molecule has 0 aliphatic carbocycles. The predicted molar refractivity (Wildman–Crippen MR) is 135 cm³/mol. The molecule has 2 amide bonds. The fourth-order valence-corrected chi connectivity index (χ4v) is 3.96. The highest BCUT2D eigenvalue weighted by molar-refractivity contribution is 6.05. The zero-order valence-corrected chi connectivity index (χ0v) is 19.6. The van der Waals surface area contributed by atoms with E-state index in [0.29, 0.717) is 42.4 Å². The number of carbonyl (C=O) groups is 2. The van der Waals surface area contributed by atoms with Crippen molar-refractivity contribution in [2.24, 2.45) is 0 Å². The largest absolute Gasteiger partial charge is 0.495 e. The number of aliphatic hydroxyl groups is 1. The van der Waals surface area contributed by atoms with Crippen molar-refractivity contribution in [2.45, 2.75) is 6.10 Å². The van der Waals surface area contributed by atoms with Crippen molar-refractivity contribution in [3.05, 3.63) is 78.4 Å². The third kappa shape index (κ3) is 6.45. The van der Waals surface area contributed by atoms with Crippen LogP contribution >= 0.6 is 0 Å². The van der Waals surface area contributed by atoms with Gasteiger partial charge in [0.2, 0.25) is 5.91 Å². The number of aliphatic hydroxyl groups excluding tert-OH is 1.